The van der Waals surface area contributed by atoms with E-state index in [9.17, 15) is 4.79 Å². The van der Waals surface area contributed by atoms with Crippen LogP contribution in [0.5, 0.6) is 0 Å². The topological polar surface area (TPSA) is 64.2 Å². The predicted octanol–water partition coefficient (Wildman–Crippen LogP) is 2.62. The third-order valence-electron chi connectivity index (χ3n) is 5.91. The Morgan fingerprint density at radius 2 is 2.22 bits per heavy atom. The Bertz CT molecular complexity index is 728. The zero-order valence-corrected chi connectivity index (χ0v) is 13.0. The first-order valence-electron chi connectivity index (χ1n) is 8.48. The molecule has 3 heterocycles. The minimum absolute atomic E-state index is 0.0741. The molecule has 23 heavy (non-hydrogen) atoms. The summed E-state index contributed by atoms with van der Waals surface area (Å²) in [6.07, 6.45) is 11.0. The third kappa shape index (κ3) is 1.97. The average molecular weight is 312 g/mol. The van der Waals surface area contributed by atoms with Gasteiger partial charge in [-0.1, -0.05) is 6.42 Å². The molecule has 1 spiro atoms. The van der Waals surface area contributed by atoms with Gasteiger partial charge in [0.2, 0.25) is 0 Å². The molecule has 3 aliphatic rings. The largest absolute Gasteiger partial charge is 0.472 e. The molecule has 3 fully saturated rings. The van der Waals surface area contributed by atoms with Crippen LogP contribution in [-0.2, 0) is 0 Å². The number of likely N-dealkylation sites (tertiary alicyclic amines) is 1. The lowest BCUT2D eigenvalue weighted by Crippen LogP contribution is -2.38. The highest BCUT2D eigenvalue weighted by Crippen LogP contribution is 2.56. The number of nitrogens with zero attached hydrogens (tertiary/aromatic N) is 4. The Balaban J connectivity index is 1.46. The van der Waals surface area contributed by atoms with Crippen molar-refractivity contribution in [3.05, 3.63) is 36.3 Å². The van der Waals surface area contributed by atoms with Crippen molar-refractivity contribution in [3.8, 4) is 0 Å². The van der Waals surface area contributed by atoms with Gasteiger partial charge in [-0.2, -0.15) is 0 Å². The van der Waals surface area contributed by atoms with E-state index >= 15 is 0 Å². The van der Waals surface area contributed by atoms with Gasteiger partial charge >= 0.3 is 0 Å². The van der Waals surface area contributed by atoms with Crippen molar-refractivity contribution in [1.29, 1.82) is 0 Å². The summed E-state index contributed by atoms with van der Waals surface area (Å²) in [6.45, 7) is 1.58. The maximum atomic E-state index is 12.7. The first-order chi connectivity index (χ1) is 11.3. The smallest absolute Gasteiger partial charge is 0.257 e. The molecule has 120 valence electrons. The van der Waals surface area contributed by atoms with Crippen molar-refractivity contribution in [3.63, 3.8) is 0 Å². The molecule has 2 saturated carbocycles. The maximum absolute atomic E-state index is 12.7. The minimum Gasteiger partial charge on any atom is -0.472 e. The number of aromatic nitrogens is 3. The van der Waals surface area contributed by atoms with Crippen molar-refractivity contribution in [2.24, 2.45) is 5.41 Å². The first-order valence-corrected chi connectivity index (χ1v) is 8.48. The molecule has 6 nitrogen and oxygen atoms in total. The maximum Gasteiger partial charge on any atom is 0.257 e. The molecule has 1 amide bonds. The molecule has 2 aromatic rings. The van der Waals surface area contributed by atoms with Crippen LogP contribution in [0, 0.1) is 5.41 Å². The van der Waals surface area contributed by atoms with Gasteiger partial charge in [0.25, 0.3) is 5.91 Å². The number of carbonyl (C=O) groups excluding carboxylic acids is 1. The van der Waals surface area contributed by atoms with Crippen molar-refractivity contribution >= 4 is 5.91 Å². The highest BCUT2D eigenvalue weighted by atomic mass is 16.3. The van der Waals surface area contributed by atoms with Gasteiger partial charge in [0.1, 0.15) is 18.4 Å². The van der Waals surface area contributed by atoms with Gasteiger partial charge in [-0.3, -0.25) is 4.79 Å². The normalized spacial score (nSPS) is 25.7. The Morgan fingerprint density at radius 3 is 2.87 bits per heavy atom. The average Bonchev–Trinajstić information content (AvgIpc) is 3.01. The molecular formula is C17H20N4O2. The van der Waals surface area contributed by atoms with E-state index in [1.807, 2.05) is 11.2 Å². The molecule has 0 aromatic carbocycles. The van der Waals surface area contributed by atoms with Crippen LogP contribution in [0.15, 0.2) is 29.3 Å². The second kappa shape index (κ2) is 4.69. The quantitative estimate of drug-likeness (QED) is 0.874. The van der Waals surface area contributed by atoms with E-state index in [4.69, 9.17) is 4.42 Å². The summed E-state index contributed by atoms with van der Waals surface area (Å²) in [5.74, 6) is 1.48. The molecule has 1 saturated heterocycles. The van der Waals surface area contributed by atoms with E-state index in [-0.39, 0.29) is 11.3 Å². The van der Waals surface area contributed by atoms with Gasteiger partial charge in [0.05, 0.1) is 11.8 Å². The molecule has 1 aliphatic heterocycles. The Kier molecular flexibility index (Phi) is 2.72. The third-order valence-corrected chi connectivity index (χ3v) is 5.91. The van der Waals surface area contributed by atoms with E-state index in [1.165, 1.54) is 38.4 Å². The van der Waals surface area contributed by atoms with E-state index in [0.717, 1.165) is 18.9 Å². The molecule has 0 bridgehead atoms. The number of carbonyl (C=O) groups is 1. The van der Waals surface area contributed by atoms with Gasteiger partial charge in [-0.15, -0.1) is 10.2 Å². The van der Waals surface area contributed by atoms with Crippen LogP contribution in [0.3, 0.4) is 0 Å². The second-order valence-corrected chi connectivity index (χ2v) is 7.29. The predicted molar refractivity (Wildman–Crippen MR) is 81.9 cm³/mol. The van der Waals surface area contributed by atoms with E-state index < -0.39 is 0 Å². The van der Waals surface area contributed by atoms with Crippen molar-refractivity contribution in [1.82, 2.24) is 19.7 Å². The molecule has 2 aliphatic carbocycles. The number of hydrogen-bond acceptors (Lipinski definition) is 4. The van der Waals surface area contributed by atoms with Gasteiger partial charge in [0.15, 0.2) is 0 Å². The van der Waals surface area contributed by atoms with Gasteiger partial charge in [-0.25, -0.2) is 0 Å². The van der Waals surface area contributed by atoms with Crippen LogP contribution < -0.4 is 0 Å². The summed E-state index contributed by atoms with van der Waals surface area (Å²) < 4.78 is 7.33. The van der Waals surface area contributed by atoms with Crippen molar-refractivity contribution in [2.45, 2.75) is 44.1 Å². The monoisotopic (exact) mass is 312 g/mol. The summed E-state index contributed by atoms with van der Waals surface area (Å²) in [5, 5.41) is 8.62. The molecule has 0 N–H and O–H groups in total. The van der Waals surface area contributed by atoms with Crippen molar-refractivity contribution in [2.75, 3.05) is 13.1 Å². The van der Waals surface area contributed by atoms with Crippen molar-refractivity contribution < 1.29 is 9.21 Å². The molecule has 2 aromatic heterocycles. The van der Waals surface area contributed by atoms with E-state index in [2.05, 4.69) is 14.8 Å². The van der Waals surface area contributed by atoms with E-state index in [1.54, 1.807) is 12.3 Å². The second-order valence-electron chi connectivity index (χ2n) is 7.29. The SMILES string of the molecule is O=C(c1ccoc1)N1CC(c2nncn2C2CC2)C2(CCC2)C1. The molecule has 1 unspecified atom stereocenters. The van der Waals surface area contributed by atoms with Gasteiger partial charge < -0.3 is 13.9 Å². The summed E-state index contributed by atoms with van der Waals surface area (Å²) in [6, 6.07) is 2.33. The van der Waals surface area contributed by atoms with Crippen LogP contribution in [0.4, 0.5) is 0 Å². The van der Waals surface area contributed by atoms with Crippen LogP contribution >= 0.6 is 0 Å². The lowest BCUT2D eigenvalue weighted by Gasteiger charge is -2.42. The zero-order valence-electron chi connectivity index (χ0n) is 13.0. The fourth-order valence-electron chi connectivity index (χ4n) is 4.32. The summed E-state index contributed by atoms with van der Waals surface area (Å²) >= 11 is 0. The molecule has 5 rings (SSSR count). The fourth-order valence-corrected chi connectivity index (χ4v) is 4.32. The highest BCUT2D eigenvalue weighted by Gasteiger charge is 2.54. The van der Waals surface area contributed by atoms with E-state index in [0.29, 0.717) is 17.5 Å². The number of furan rings is 1. The summed E-state index contributed by atoms with van der Waals surface area (Å²) in [7, 11) is 0. The molecule has 1 atom stereocenters. The Labute approximate surface area is 134 Å². The number of rotatable bonds is 3. The van der Waals surface area contributed by atoms with Crippen LogP contribution in [0.1, 0.15) is 60.2 Å². The molecule has 0 radical (unpaired) electrons. The minimum atomic E-state index is 0.0741. The Morgan fingerprint density at radius 1 is 1.35 bits per heavy atom. The van der Waals surface area contributed by atoms with Crippen LogP contribution in [-0.4, -0.2) is 38.7 Å². The number of hydrogen-bond donors (Lipinski definition) is 0. The lowest BCUT2D eigenvalue weighted by atomic mass is 9.62. The van der Waals surface area contributed by atoms with Gasteiger partial charge in [-0.05, 0) is 37.2 Å². The highest BCUT2D eigenvalue weighted by molar-refractivity contribution is 5.94. The zero-order chi connectivity index (χ0) is 15.4. The molecular weight excluding hydrogens is 292 g/mol. The van der Waals surface area contributed by atoms with Gasteiger partial charge in [0, 0.05) is 25.0 Å². The molecule has 6 heteroatoms. The van der Waals surface area contributed by atoms with Crippen LogP contribution in [0.25, 0.3) is 0 Å². The Hall–Kier alpha value is -2.11. The standard InChI is InChI=1S/C17H20N4O2/c22-16(12-4-7-23-9-12)20-8-14(17(10-20)5-1-6-17)15-19-18-11-21(15)13-2-3-13/h4,7,9,11,13-14H,1-3,5-6,8,10H2. The lowest BCUT2D eigenvalue weighted by molar-refractivity contribution is 0.0722. The number of amides is 1. The fraction of sp³-hybridized carbons (Fsp3) is 0.588. The summed E-state index contributed by atoms with van der Waals surface area (Å²) in [4.78, 5) is 14.7. The summed E-state index contributed by atoms with van der Waals surface area (Å²) in [5.41, 5.74) is 0.850. The van der Waals surface area contributed by atoms with Crippen LogP contribution in [0.2, 0.25) is 0 Å². The first kappa shape index (κ1) is 13.3.